The summed E-state index contributed by atoms with van der Waals surface area (Å²) in [6.45, 7) is 0. The van der Waals surface area contributed by atoms with Crippen molar-refractivity contribution in [3.8, 4) is 12.3 Å². The van der Waals surface area contributed by atoms with Crippen molar-refractivity contribution in [2.24, 2.45) is 5.16 Å². The van der Waals surface area contributed by atoms with Crippen LogP contribution in [0, 0.1) is 12.3 Å². The summed E-state index contributed by atoms with van der Waals surface area (Å²) in [5.74, 6) is 2.26. The first-order valence-corrected chi connectivity index (χ1v) is 6.92. The zero-order chi connectivity index (χ0) is 15.4. The molecular weight excluding hydrogens is 276 g/mol. The van der Waals surface area contributed by atoms with Crippen molar-refractivity contribution in [1.29, 1.82) is 0 Å². The van der Waals surface area contributed by atoms with Crippen molar-refractivity contribution < 1.29 is 9.63 Å². The third-order valence-electron chi connectivity index (χ3n) is 3.39. The number of anilines is 1. The fourth-order valence-electron chi connectivity index (χ4n) is 2.25. The van der Waals surface area contributed by atoms with Gasteiger partial charge in [-0.15, -0.1) is 6.42 Å². The Balaban J connectivity index is 1.65. The average Bonchev–Trinajstić information content (AvgIpc) is 3.06. The molecule has 4 heteroatoms. The van der Waals surface area contributed by atoms with E-state index < -0.39 is 0 Å². The maximum Gasteiger partial charge on any atom is 0.273 e. The highest BCUT2D eigenvalue weighted by atomic mass is 16.6. The minimum atomic E-state index is -0.271. The van der Waals surface area contributed by atoms with Crippen LogP contribution in [0.15, 0.2) is 59.8 Å². The first kappa shape index (κ1) is 13.9. The normalized spacial score (nSPS) is 16.3. The van der Waals surface area contributed by atoms with Crippen LogP contribution in [0.25, 0.3) is 0 Å². The van der Waals surface area contributed by atoms with Crippen molar-refractivity contribution in [2.75, 3.05) is 5.32 Å². The monoisotopic (exact) mass is 290 g/mol. The standard InChI is InChI=1S/C18H14N2O2/c1-2-13-7-6-10-15(11-13)19-18(21)16-12-17(22-20-16)14-8-4-3-5-9-14/h1,3-11,17H,12H2,(H,19,21)/t17-/m0/s1. The number of nitrogens with zero attached hydrogens (tertiary/aromatic N) is 1. The van der Waals surface area contributed by atoms with Crippen molar-refractivity contribution in [2.45, 2.75) is 12.5 Å². The number of hydrogen-bond donors (Lipinski definition) is 1. The number of rotatable bonds is 3. The summed E-state index contributed by atoms with van der Waals surface area (Å²) in [6.07, 6.45) is 5.59. The first-order valence-electron chi connectivity index (χ1n) is 6.92. The average molecular weight is 290 g/mol. The summed E-state index contributed by atoms with van der Waals surface area (Å²) in [5.41, 5.74) is 2.74. The highest BCUT2D eigenvalue weighted by molar-refractivity contribution is 6.43. The highest BCUT2D eigenvalue weighted by Gasteiger charge is 2.27. The molecule has 1 amide bonds. The lowest BCUT2D eigenvalue weighted by atomic mass is 10.0. The third-order valence-corrected chi connectivity index (χ3v) is 3.39. The molecule has 0 aliphatic carbocycles. The van der Waals surface area contributed by atoms with Crippen LogP contribution in [0.2, 0.25) is 0 Å². The van der Waals surface area contributed by atoms with Gasteiger partial charge in [-0.2, -0.15) is 0 Å². The number of carbonyl (C=O) groups is 1. The molecule has 0 unspecified atom stereocenters. The highest BCUT2D eigenvalue weighted by Crippen LogP contribution is 2.27. The topological polar surface area (TPSA) is 50.7 Å². The minimum absolute atomic E-state index is 0.209. The summed E-state index contributed by atoms with van der Waals surface area (Å²) in [4.78, 5) is 17.6. The first-order chi connectivity index (χ1) is 10.8. The van der Waals surface area contributed by atoms with Crippen LogP contribution >= 0.6 is 0 Å². The van der Waals surface area contributed by atoms with Gasteiger partial charge in [0.05, 0.1) is 0 Å². The molecule has 1 heterocycles. The predicted molar refractivity (Wildman–Crippen MR) is 85.3 cm³/mol. The number of hydrogen-bond acceptors (Lipinski definition) is 3. The van der Waals surface area contributed by atoms with E-state index in [1.54, 1.807) is 24.3 Å². The number of oxime groups is 1. The molecule has 1 atom stereocenters. The van der Waals surface area contributed by atoms with E-state index in [0.717, 1.165) is 5.56 Å². The largest absolute Gasteiger partial charge is 0.387 e. The molecule has 22 heavy (non-hydrogen) atoms. The second-order valence-electron chi connectivity index (χ2n) is 4.93. The van der Waals surface area contributed by atoms with E-state index in [4.69, 9.17) is 11.3 Å². The Kier molecular flexibility index (Phi) is 3.88. The molecule has 3 rings (SSSR count). The number of amides is 1. The van der Waals surface area contributed by atoms with Gasteiger partial charge < -0.3 is 10.2 Å². The summed E-state index contributed by atoms with van der Waals surface area (Å²) < 4.78 is 0. The van der Waals surface area contributed by atoms with Crippen LogP contribution < -0.4 is 5.32 Å². The Morgan fingerprint density at radius 1 is 1.23 bits per heavy atom. The molecule has 0 aromatic heterocycles. The van der Waals surface area contributed by atoms with E-state index in [1.807, 2.05) is 30.3 Å². The molecule has 2 aromatic carbocycles. The van der Waals surface area contributed by atoms with E-state index in [1.165, 1.54) is 0 Å². The summed E-state index contributed by atoms with van der Waals surface area (Å²) >= 11 is 0. The lowest BCUT2D eigenvalue weighted by Crippen LogP contribution is -2.21. The van der Waals surface area contributed by atoms with E-state index in [0.29, 0.717) is 23.4 Å². The van der Waals surface area contributed by atoms with Crippen molar-refractivity contribution >= 4 is 17.3 Å². The second-order valence-corrected chi connectivity index (χ2v) is 4.93. The summed E-state index contributed by atoms with van der Waals surface area (Å²) in [7, 11) is 0. The van der Waals surface area contributed by atoms with E-state index >= 15 is 0 Å². The zero-order valence-electron chi connectivity index (χ0n) is 11.8. The van der Waals surface area contributed by atoms with Gasteiger partial charge in [-0.3, -0.25) is 4.79 Å². The molecule has 0 radical (unpaired) electrons. The van der Waals surface area contributed by atoms with Gasteiger partial charge in [-0.25, -0.2) is 0 Å². The van der Waals surface area contributed by atoms with E-state index in [2.05, 4.69) is 16.4 Å². The molecule has 108 valence electrons. The molecule has 0 spiro atoms. The van der Waals surface area contributed by atoms with Crippen molar-refractivity contribution in [1.82, 2.24) is 0 Å². The van der Waals surface area contributed by atoms with E-state index in [-0.39, 0.29) is 12.0 Å². The summed E-state index contributed by atoms with van der Waals surface area (Å²) in [6, 6.07) is 16.8. The molecule has 0 bridgehead atoms. The van der Waals surface area contributed by atoms with Crippen LogP contribution in [0.1, 0.15) is 23.7 Å². The Morgan fingerprint density at radius 2 is 2.05 bits per heavy atom. The third kappa shape index (κ3) is 2.99. The predicted octanol–water partition coefficient (Wildman–Crippen LogP) is 3.12. The zero-order valence-corrected chi connectivity index (χ0v) is 11.8. The molecule has 1 aliphatic rings. The molecule has 0 saturated heterocycles. The van der Waals surface area contributed by atoms with Gasteiger partial charge in [-0.05, 0) is 23.8 Å². The molecule has 1 N–H and O–H groups in total. The van der Waals surface area contributed by atoms with Crippen LogP contribution in [0.5, 0.6) is 0 Å². The Bertz CT molecular complexity index is 760. The lowest BCUT2D eigenvalue weighted by Gasteiger charge is -2.07. The van der Waals surface area contributed by atoms with Gasteiger partial charge in [0, 0.05) is 17.7 Å². The van der Waals surface area contributed by atoms with Crippen LogP contribution in [-0.4, -0.2) is 11.6 Å². The second kappa shape index (κ2) is 6.15. The molecule has 4 nitrogen and oxygen atoms in total. The molecule has 1 aliphatic heterocycles. The lowest BCUT2D eigenvalue weighted by molar-refractivity contribution is -0.110. The number of nitrogens with one attached hydrogen (secondary N) is 1. The van der Waals surface area contributed by atoms with Gasteiger partial charge in [0.25, 0.3) is 5.91 Å². The smallest absolute Gasteiger partial charge is 0.273 e. The maximum absolute atomic E-state index is 12.2. The minimum Gasteiger partial charge on any atom is -0.387 e. The maximum atomic E-state index is 12.2. The van der Waals surface area contributed by atoms with Gasteiger partial charge in [-0.1, -0.05) is 47.5 Å². The Hall–Kier alpha value is -3.06. The van der Waals surface area contributed by atoms with Gasteiger partial charge >= 0.3 is 0 Å². The summed E-state index contributed by atoms with van der Waals surface area (Å²) in [5, 5.41) is 6.68. The Labute approximate surface area is 128 Å². The van der Waals surface area contributed by atoms with Crippen molar-refractivity contribution in [3.63, 3.8) is 0 Å². The molecule has 2 aromatic rings. The number of terminal acetylenes is 1. The van der Waals surface area contributed by atoms with Crippen molar-refractivity contribution in [3.05, 3.63) is 65.7 Å². The fourth-order valence-corrected chi connectivity index (χ4v) is 2.25. The Morgan fingerprint density at radius 3 is 2.82 bits per heavy atom. The molecular formula is C18H14N2O2. The SMILES string of the molecule is C#Cc1cccc(NC(=O)C2=NO[C@H](c3ccccc3)C2)c1. The van der Waals surface area contributed by atoms with Crippen LogP contribution in [-0.2, 0) is 9.63 Å². The molecule has 0 saturated carbocycles. The van der Waals surface area contributed by atoms with Gasteiger partial charge in [0.15, 0.2) is 6.10 Å². The fraction of sp³-hybridized carbons (Fsp3) is 0.111. The number of benzene rings is 2. The quantitative estimate of drug-likeness (QED) is 0.883. The number of carbonyl (C=O) groups excluding carboxylic acids is 1. The van der Waals surface area contributed by atoms with E-state index in [9.17, 15) is 4.79 Å². The van der Waals surface area contributed by atoms with Crippen LogP contribution in [0.4, 0.5) is 5.69 Å². The van der Waals surface area contributed by atoms with Gasteiger partial charge in [0.1, 0.15) is 5.71 Å². The molecule has 0 fully saturated rings. The van der Waals surface area contributed by atoms with Crippen LogP contribution in [0.3, 0.4) is 0 Å². The van der Waals surface area contributed by atoms with Gasteiger partial charge in [0.2, 0.25) is 0 Å².